The number of hydrogen-bond acceptors (Lipinski definition) is 4. The molecule has 2 bridgehead atoms. The number of benzene rings is 2. The SMILES string of the molecule is CCOc1cccc(NC(=O)N(C)OC)c1.c1cc2cc(c1)O2. The molecule has 6 heteroatoms. The number of nitrogens with one attached hydrogen (secondary N) is 1. The minimum absolute atomic E-state index is 0.337. The smallest absolute Gasteiger partial charge is 0.345 e. The van der Waals surface area contributed by atoms with Crippen molar-refractivity contribution in [3.63, 3.8) is 0 Å². The number of anilines is 1. The van der Waals surface area contributed by atoms with Gasteiger partial charge >= 0.3 is 6.03 Å². The van der Waals surface area contributed by atoms with E-state index in [2.05, 4.69) is 5.32 Å². The molecule has 6 nitrogen and oxygen atoms in total. The van der Waals surface area contributed by atoms with E-state index in [0.717, 1.165) is 22.3 Å². The van der Waals surface area contributed by atoms with Crippen LogP contribution in [0.3, 0.4) is 0 Å². The van der Waals surface area contributed by atoms with Crippen LogP contribution in [0.2, 0.25) is 0 Å². The molecule has 2 aliphatic rings. The standard InChI is InChI=1S/C11H16N2O3.C6H4O/c1-4-16-10-7-5-6-9(8-10)12-11(14)13(2)15-3;1-2-5-4-6(3-1)7-5/h5-8H,4H2,1-3H3,(H,12,14);1-4H. The van der Waals surface area contributed by atoms with Gasteiger partial charge < -0.3 is 14.8 Å². The lowest BCUT2D eigenvalue weighted by molar-refractivity contribution is -0.0598. The van der Waals surface area contributed by atoms with E-state index in [4.69, 9.17) is 14.3 Å². The molecule has 2 heterocycles. The summed E-state index contributed by atoms with van der Waals surface area (Å²) >= 11 is 0. The number of amides is 2. The predicted octanol–water partition coefficient (Wildman–Crippen LogP) is 3.90. The Balaban J connectivity index is 0.000000223. The first-order chi connectivity index (χ1) is 11.1. The summed E-state index contributed by atoms with van der Waals surface area (Å²) in [5, 5.41) is 3.78. The molecule has 1 N–H and O–H groups in total. The summed E-state index contributed by atoms with van der Waals surface area (Å²) < 4.78 is 10.3. The molecule has 0 aliphatic carbocycles. The number of nitrogens with zero attached hydrogens (tertiary/aromatic N) is 1. The second-order valence-corrected chi connectivity index (χ2v) is 4.65. The fourth-order valence-electron chi connectivity index (χ4n) is 1.79. The monoisotopic (exact) mass is 316 g/mol. The molecule has 0 atom stereocenters. The third-order valence-electron chi connectivity index (χ3n) is 3.00. The molecule has 4 rings (SSSR count). The maximum atomic E-state index is 11.5. The van der Waals surface area contributed by atoms with Gasteiger partial charge in [0.25, 0.3) is 0 Å². The van der Waals surface area contributed by atoms with E-state index in [1.807, 2.05) is 43.3 Å². The molecule has 0 unspecified atom stereocenters. The summed E-state index contributed by atoms with van der Waals surface area (Å²) in [6, 6.07) is 14.7. The van der Waals surface area contributed by atoms with Crippen LogP contribution in [0.25, 0.3) is 0 Å². The van der Waals surface area contributed by atoms with Crippen LogP contribution in [-0.2, 0) is 4.84 Å². The summed E-state index contributed by atoms with van der Waals surface area (Å²) in [6.07, 6.45) is 0. The zero-order valence-corrected chi connectivity index (χ0v) is 13.4. The predicted molar refractivity (Wildman–Crippen MR) is 87.9 cm³/mol. The van der Waals surface area contributed by atoms with Gasteiger partial charge in [0.05, 0.1) is 13.7 Å². The number of ether oxygens (including phenoxy) is 2. The van der Waals surface area contributed by atoms with Gasteiger partial charge in [0.15, 0.2) is 0 Å². The summed E-state index contributed by atoms with van der Waals surface area (Å²) in [5.74, 6) is 2.69. The summed E-state index contributed by atoms with van der Waals surface area (Å²) in [4.78, 5) is 16.2. The van der Waals surface area contributed by atoms with Crippen LogP contribution in [-0.4, -0.2) is 31.9 Å². The fraction of sp³-hybridized carbons (Fsp3) is 0.235. The topological polar surface area (TPSA) is 60.0 Å². The van der Waals surface area contributed by atoms with E-state index in [1.165, 1.54) is 14.2 Å². The molecule has 122 valence electrons. The van der Waals surface area contributed by atoms with Crippen LogP contribution in [0, 0.1) is 0 Å². The van der Waals surface area contributed by atoms with Crippen molar-refractivity contribution in [2.75, 3.05) is 26.1 Å². The Kier molecular flexibility index (Phi) is 5.82. The lowest BCUT2D eigenvalue weighted by Crippen LogP contribution is -2.30. The molecule has 2 aromatic rings. The lowest BCUT2D eigenvalue weighted by atomic mass is 10.2. The Labute approximate surface area is 135 Å². The van der Waals surface area contributed by atoms with Crippen molar-refractivity contribution >= 4 is 11.7 Å². The Morgan fingerprint density at radius 3 is 2.30 bits per heavy atom. The van der Waals surface area contributed by atoms with E-state index in [0.29, 0.717) is 12.3 Å². The second-order valence-electron chi connectivity index (χ2n) is 4.65. The molecule has 2 aliphatic heterocycles. The maximum absolute atomic E-state index is 11.5. The molecular formula is C17H20N2O4. The zero-order chi connectivity index (χ0) is 16.7. The van der Waals surface area contributed by atoms with Crippen molar-refractivity contribution in [1.82, 2.24) is 5.06 Å². The first-order valence-corrected chi connectivity index (χ1v) is 7.22. The molecule has 0 fully saturated rings. The summed E-state index contributed by atoms with van der Waals surface area (Å²) in [6.45, 7) is 2.50. The number of urea groups is 1. The van der Waals surface area contributed by atoms with Crippen molar-refractivity contribution in [1.29, 1.82) is 0 Å². The number of carbonyl (C=O) groups excluding carboxylic acids is 1. The van der Waals surface area contributed by atoms with Gasteiger partial charge in [-0.3, -0.25) is 4.84 Å². The Morgan fingerprint density at radius 2 is 1.83 bits per heavy atom. The second kappa shape index (κ2) is 8.05. The number of hydroxylamine groups is 2. The van der Waals surface area contributed by atoms with Gasteiger partial charge in [0.2, 0.25) is 0 Å². The van der Waals surface area contributed by atoms with Crippen LogP contribution >= 0.6 is 0 Å². The molecule has 0 saturated heterocycles. The third-order valence-corrected chi connectivity index (χ3v) is 3.00. The molecular weight excluding hydrogens is 296 g/mol. The van der Waals surface area contributed by atoms with Crippen LogP contribution in [0.1, 0.15) is 6.92 Å². The molecule has 23 heavy (non-hydrogen) atoms. The average Bonchev–Trinajstić information content (AvgIpc) is 2.55. The van der Waals surface area contributed by atoms with E-state index >= 15 is 0 Å². The number of rotatable bonds is 4. The van der Waals surface area contributed by atoms with Crippen molar-refractivity contribution in [2.24, 2.45) is 0 Å². The molecule has 2 aromatic carbocycles. The molecule has 0 aromatic heterocycles. The first kappa shape index (κ1) is 16.6. The zero-order valence-electron chi connectivity index (χ0n) is 13.4. The number of carbonyl (C=O) groups is 1. The van der Waals surface area contributed by atoms with Crippen molar-refractivity contribution in [3.05, 3.63) is 48.5 Å². The van der Waals surface area contributed by atoms with Crippen molar-refractivity contribution in [3.8, 4) is 17.2 Å². The van der Waals surface area contributed by atoms with Gasteiger partial charge in [-0.05, 0) is 31.2 Å². The average molecular weight is 316 g/mol. The van der Waals surface area contributed by atoms with Gasteiger partial charge in [-0.1, -0.05) is 12.1 Å². The minimum Gasteiger partial charge on any atom is -0.494 e. The van der Waals surface area contributed by atoms with Crippen molar-refractivity contribution in [2.45, 2.75) is 6.92 Å². The largest absolute Gasteiger partial charge is 0.494 e. The molecule has 0 radical (unpaired) electrons. The normalized spacial score (nSPS) is 10.4. The highest BCUT2D eigenvalue weighted by Gasteiger charge is 2.08. The first-order valence-electron chi connectivity index (χ1n) is 7.22. The van der Waals surface area contributed by atoms with Crippen LogP contribution < -0.4 is 14.8 Å². The van der Waals surface area contributed by atoms with Gasteiger partial charge in [0, 0.05) is 24.9 Å². The Morgan fingerprint density at radius 1 is 1.17 bits per heavy atom. The van der Waals surface area contributed by atoms with E-state index in [-0.39, 0.29) is 6.03 Å². The van der Waals surface area contributed by atoms with Crippen molar-refractivity contribution < 1.29 is 19.1 Å². The summed E-state index contributed by atoms with van der Waals surface area (Å²) in [5.41, 5.74) is 0.667. The highest BCUT2D eigenvalue weighted by Crippen LogP contribution is 2.32. The van der Waals surface area contributed by atoms with Gasteiger partial charge in [-0.2, -0.15) is 0 Å². The fourth-order valence-corrected chi connectivity index (χ4v) is 1.79. The van der Waals surface area contributed by atoms with E-state index in [9.17, 15) is 4.79 Å². The Bertz CT molecular complexity index is 636. The molecule has 0 saturated carbocycles. The van der Waals surface area contributed by atoms with Crippen LogP contribution in [0.5, 0.6) is 17.2 Å². The number of fused-ring (bicyclic) bond motifs is 2. The minimum atomic E-state index is -0.337. The highest BCUT2D eigenvalue weighted by molar-refractivity contribution is 5.88. The lowest BCUT2D eigenvalue weighted by Gasteiger charge is -2.15. The van der Waals surface area contributed by atoms with E-state index in [1.54, 1.807) is 12.1 Å². The van der Waals surface area contributed by atoms with Gasteiger partial charge in [-0.15, -0.1) is 0 Å². The quantitative estimate of drug-likeness (QED) is 0.742. The Hall–Kier alpha value is -2.73. The van der Waals surface area contributed by atoms with E-state index < -0.39 is 0 Å². The summed E-state index contributed by atoms with van der Waals surface area (Å²) in [7, 11) is 2.96. The number of hydrogen-bond donors (Lipinski definition) is 1. The molecule has 0 spiro atoms. The van der Waals surface area contributed by atoms with Crippen LogP contribution in [0.15, 0.2) is 48.5 Å². The molecule has 2 amide bonds. The van der Waals surface area contributed by atoms with Gasteiger partial charge in [0.1, 0.15) is 17.2 Å². The van der Waals surface area contributed by atoms with Crippen LogP contribution in [0.4, 0.5) is 10.5 Å². The maximum Gasteiger partial charge on any atom is 0.345 e. The van der Waals surface area contributed by atoms with Gasteiger partial charge in [-0.25, -0.2) is 9.86 Å². The highest BCUT2D eigenvalue weighted by atomic mass is 16.7. The third kappa shape index (κ3) is 4.89.